The number of amides is 2. The molecule has 2 aromatic heterocycles. The molecule has 4 rings (SSSR count). The highest BCUT2D eigenvalue weighted by Crippen LogP contribution is 2.37. The van der Waals surface area contributed by atoms with Crippen LogP contribution < -0.4 is 5.32 Å². The van der Waals surface area contributed by atoms with Crippen LogP contribution >= 0.6 is 11.8 Å². The molecule has 0 radical (unpaired) electrons. The van der Waals surface area contributed by atoms with E-state index in [4.69, 9.17) is 4.42 Å². The van der Waals surface area contributed by atoms with Crippen LogP contribution in [0.5, 0.6) is 0 Å². The van der Waals surface area contributed by atoms with Crippen LogP contribution in [0.2, 0.25) is 0 Å². The number of hydrogen-bond donors (Lipinski definition) is 1. The van der Waals surface area contributed by atoms with Gasteiger partial charge in [0.15, 0.2) is 0 Å². The lowest BCUT2D eigenvalue weighted by atomic mass is 10.0. The maximum absolute atomic E-state index is 13.1. The number of nitrogens with one attached hydrogen (secondary N) is 1. The molecule has 1 aromatic carbocycles. The van der Waals surface area contributed by atoms with Crippen LogP contribution in [0.4, 0.5) is 31.1 Å². The van der Waals surface area contributed by atoms with Crippen molar-refractivity contribution in [1.82, 2.24) is 10.3 Å². The first kappa shape index (κ1) is 22.6. The minimum absolute atomic E-state index is 0.0495. The van der Waals surface area contributed by atoms with Gasteiger partial charge in [0.1, 0.15) is 11.3 Å². The molecule has 1 fully saturated rings. The molecule has 3 aromatic rings. The second kappa shape index (κ2) is 8.10. The van der Waals surface area contributed by atoms with E-state index in [0.29, 0.717) is 29.3 Å². The van der Waals surface area contributed by atoms with Crippen molar-refractivity contribution in [2.45, 2.75) is 12.4 Å². The quantitative estimate of drug-likeness (QED) is 0.346. The lowest BCUT2D eigenvalue weighted by Crippen LogP contribution is -2.17. The van der Waals surface area contributed by atoms with Gasteiger partial charge in [-0.3, -0.25) is 19.9 Å². The zero-order chi connectivity index (χ0) is 24.0. The number of benzene rings is 1. The van der Waals surface area contributed by atoms with Crippen molar-refractivity contribution in [2.75, 3.05) is 0 Å². The van der Waals surface area contributed by atoms with Crippen LogP contribution in [0.3, 0.4) is 0 Å². The summed E-state index contributed by atoms with van der Waals surface area (Å²) in [5.74, 6) is -0.382. The highest BCUT2D eigenvalue weighted by Gasteiger charge is 2.36. The highest BCUT2D eigenvalue weighted by atomic mass is 32.2. The second-order valence-corrected chi connectivity index (χ2v) is 7.84. The van der Waals surface area contributed by atoms with Crippen molar-refractivity contribution in [2.24, 2.45) is 0 Å². The molecule has 1 N–H and O–H groups in total. The Labute approximate surface area is 185 Å². The Hall–Kier alpha value is -3.54. The number of aromatic nitrogens is 1. The van der Waals surface area contributed by atoms with E-state index in [1.807, 2.05) is 0 Å². The van der Waals surface area contributed by atoms with Crippen LogP contribution in [0.1, 0.15) is 28.0 Å². The summed E-state index contributed by atoms with van der Waals surface area (Å²) in [6.07, 6.45) is -3.48. The highest BCUT2D eigenvalue weighted by molar-refractivity contribution is 8.18. The molecule has 1 aliphatic rings. The standard InChI is InChI=1S/C21H10F6N2O3S/c22-20(23,24)13-3-10(4-14(6-13)21(25,26)27)1-2-11-8-28-9-12-5-15(32-17(11)12)7-16-18(30)29-19(31)33-16/h1-9H,(H,29,30,31). The Balaban J connectivity index is 1.72. The van der Waals surface area contributed by atoms with Gasteiger partial charge in [0.25, 0.3) is 11.1 Å². The van der Waals surface area contributed by atoms with Gasteiger partial charge >= 0.3 is 12.4 Å². The minimum Gasteiger partial charge on any atom is -0.456 e. The number of alkyl halides is 6. The summed E-state index contributed by atoms with van der Waals surface area (Å²) in [5.41, 5.74) is -2.65. The van der Waals surface area contributed by atoms with Crippen molar-refractivity contribution in [1.29, 1.82) is 0 Å². The predicted molar refractivity (Wildman–Crippen MR) is 108 cm³/mol. The monoisotopic (exact) mass is 484 g/mol. The lowest BCUT2D eigenvalue weighted by Gasteiger charge is -2.12. The molecule has 170 valence electrons. The molecule has 0 atom stereocenters. The Morgan fingerprint density at radius 3 is 2.15 bits per heavy atom. The maximum Gasteiger partial charge on any atom is 0.416 e. The normalized spacial score (nSPS) is 16.4. The fraction of sp³-hybridized carbons (Fsp3) is 0.0952. The number of nitrogens with zero attached hydrogens (tertiary/aromatic N) is 1. The zero-order valence-electron chi connectivity index (χ0n) is 16.0. The summed E-state index contributed by atoms with van der Waals surface area (Å²) in [5, 5.41) is 2.03. The predicted octanol–water partition coefficient (Wildman–Crippen LogP) is 6.36. The molecule has 1 saturated heterocycles. The van der Waals surface area contributed by atoms with Gasteiger partial charge in [0.2, 0.25) is 0 Å². The van der Waals surface area contributed by atoms with Gasteiger partial charge in [-0.15, -0.1) is 0 Å². The molecule has 2 amide bonds. The summed E-state index contributed by atoms with van der Waals surface area (Å²) < 4.78 is 84.0. The van der Waals surface area contributed by atoms with Crippen molar-refractivity contribution in [3.05, 3.63) is 69.6 Å². The van der Waals surface area contributed by atoms with Gasteiger partial charge in [-0.05, 0) is 47.7 Å². The fourth-order valence-electron chi connectivity index (χ4n) is 3.00. The van der Waals surface area contributed by atoms with Crippen LogP contribution in [-0.2, 0) is 17.1 Å². The molecule has 5 nitrogen and oxygen atoms in total. The molecule has 1 aliphatic heterocycles. The van der Waals surface area contributed by atoms with E-state index in [0.717, 1.165) is 6.08 Å². The number of fused-ring (bicyclic) bond motifs is 1. The molecule has 33 heavy (non-hydrogen) atoms. The van der Waals surface area contributed by atoms with E-state index in [1.165, 1.54) is 30.6 Å². The summed E-state index contributed by atoms with van der Waals surface area (Å²) in [6, 6.07) is 2.78. The third-order valence-electron chi connectivity index (χ3n) is 4.45. The Morgan fingerprint density at radius 1 is 0.909 bits per heavy atom. The molecule has 0 unspecified atom stereocenters. The number of pyridine rings is 1. The van der Waals surface area contributed by atoms with E-state index in [2.05, 4.69) is 10.3 Å². The fourth-order valence-corrected chi connectivity index (χ4v) is 3.67. The largest absolute Gasteiger partial charge is 0.456 e. The Bertz CT molecular complexity index is 1310. The number of halogens is 6. The number of carbonyl (C=O) groups is 2. The topological polar surface area (TPSA) is 72.2 Å². The first-order valence-electron chi connectivity index (χ1n) is 9.00. The Morgan fingerprint density at radius 2 is 1.58 bits per heavy atom. The number of imide groups is 1. The van der Waals surface area contributed by atoms with Crippen LogP contribution in [0.15, 0.2) is 46.0 Å². The number of furan rings is 1. The molecular weight excluding hydrogens is 474 g/mol. The van der Waals surface area contributed by atoms with Crippen molar-refractivity contribution in [3.8, 4) is 0 Å². The van der Waals surface area contributed by atoms with Crippen LogP contribution in [0.25, 0.3) is 29.2 Å². The third kappa shape index (κ3) is 4.95. The average molecular weight is 484 g/mol. The van der Waals surface area contributed by atoms with Gasteiger partial charge in [-0.25, -0.2) is 0 Å². The summed E-state index contributed by atoms with van der Waals surface area (Å²) in [6.45, 7) is 0. The zero-order valence-corrected chi connectivity index (χ0v) is 16.9. The molecule has 3 heterocycles. The maximum atomic E-state index is 13.1. The van der Waals surface area contributed by atoms with Gasteiger partial charge in [0, 0.05) is 29.4 Å². The Kier molecular flexibility index (Phi) is 5.56. The number of hydrogen-bond acceptors (Lipinski definition) is 5. The number of rotatable bonds is 3. The number of carbonyl (C=O) groups excluding carboxylic acids is 2. The summed E-state index contributed by atoms with van der Waals surface area (Å²) in [4.78, 5) is 27.0. The van der Waals surface area contributed by atoms with E-state index in [1.54, 1.807) is 0 Å². The molecule has 12 heteroatoms. The van der Waals surface area contributed by atoms with E-state index < -0.39 is 34.6 Å². The lowest BCUT2D eigenvalue weighted by molar-refractivity contribution is -0.143. The van der Waals surface area contributed by atoms with E-state index in [-0.39, 0.29) is 33.4 Å². The molecule has 0 aliphatic carbocycles. The molecular formula is C21H10F6N2O3S. The second-order valence-electron chi connectivity index (χ2n) is 6.82. The minimum atomic E-state index is -4.96. The van der Waals surface area contributed by atoms with Crippen molar-refractivity contribution >= 4 is 52.1 Å². The van der Waals surface area contributed by atoms with Gasteiger partial charge < -0.3 is 4.42 Å². The smallest absolute Gasteiger partial charge is 0.416 e. The van der Waals surface area contributed by atoms with Gasteiger partial charge in [0.05, 0.1) is 16.0 Å². The van der Waals surface area contributed by atoms with Crippen LogP contribution in [-0.4, -0.2) is 16.1 Å². The third-order valence-corrected chi connectivity index (χ3v) is 5.26. The average Bonchev–Trinajstić information content (AvgIpc) is 3.27. The first-order valence-corrected chi connectivity index (χ1v) is 9.82. The van der Waals surface area contributed by atoms with Gasteiger partial charge in [-0.2, -0.15) is 26.3 Å². The molecule has 0 saturated carbocycles. The summed E-state index contributed by atoms with van der Waals surface area (Å²) >= 11 is 0.685. The van der Waals surface area contributed by atoms with Crippen LogP contribution in [0, 0.1) is 0 Å². The molecule has 0 spiro atoms. The summed E-state index contributed by atoms with van der Waals surface area (Å²) in [7, 11) is 0. The van der Waals surface area contributed by atoms with E-state index in [9.17, 15) is 35.9 Å². The SMILES string of the molecule is O=C1NC(=O)C(=Cc2cc3cncc(C=Cc4cc(C(F)(F)F)cc(C(F)(F)F)c4)c3o2)S1. The molecule has 0 bridgehead atoms. The van der Waals surface area contributed by atoms with E-state index >= 15 is 0 Å². The van der Waals surface area contributed by atoms with Gasteiger partial charge in [-0.1, -0.05) is 6.08 Å². The van der Waals surface area contributed by atoms with Crippen molar-refractivity contribution in [3.63, 3.8) is 0 Å². The number of thioether (sulfide) groups is 1. The van der Waals surface area contributed by atoms with Crippen molar-refractivity contribution < 1.29 is 40.3 Å². The first-order chi connectivity index (χ1) is 15.4.